The summed E-state index contributed by atoms with van der Waals surface area (Å²) in [7, 11) is 5.05. The van der Waals surface area contributed by atoms with E-state index in [0.29, 0.717) is 22.2 Å². The molecule has 0 spiro atoms. The Balaban J connectivity index is 2.00. The molecule has 2 aromatic rings. The number of rotatable bonds is 7. The maximum Gasteiger partial charge on any atom is 0.238 e. The molecule has 25 heavy (non-hydrogen) atoms. The number of benzene rings is 2. The van der Waals surface area contributed by atoms with Gasteiger partial charge < -0.3 is 14.8 Å². The summed E-state index contributed by atoms with van der Waals surface area (Å²) in [5, 5.41) is 3.57. The summed E-state index contributed by atoms with van der Waals surface area (Å²) in [6.07, 6.45) is 0. The molecular weight excluding hydrogens is 340 g/mol. The number of hydrogen-bond donors (Lipinski definition) is 1. The van der Waals surface area contributed by atoms with Gasteiger partial charge in [-0.1, -0.05) is 23.7 Å². The second kappa shape index (κ2) is 8.74. The van der Waals surface area contributed by atoms with Gasteiger partial charge in [-0.3, -0.25) is 9.69 Å². The van der Waals surface area contributed by atoms with Gasteiger partial charge in [0.05, 0.1) is 26.5 Å². The van der Waals surface area contributed by atoms with Gasteiger partial charge in [0.15, 0.2) is 0 Å². The zero-order chi connectivity index (χ0) is 18.4. The van der Waals surface area contributed by atoms with Crippen molar-refractivity contribution in [2.24, 2.45) is 0 Å². The molecule has 2 rings (SSSR count). The van der Waals surface area contributed by atoms with Crippen LogP contribution in [0.25, 0.3) is 0 Å². The summed E-state index contributed by atoms with van der Waals surface area (Å²) in [4.78, 5) is 14.3. The molecule has 0 fully saturated rings. The summed E-state index contributed by atoms with van der Waals surface area (Å²) in [5.74, 6) is 1.11. The Bertz CT molecular complexity index is 719. The third-order valence-electron chi connectivity index (χ3n) is 4.09. The highest BCUT2D eigenvalue weighted by molar-refractivity contribution is 6.30. The highest BCUT2D eigenvalue weighted by Gasteiger charge is 2.16. The minimum absolute atomic E-state index is 0.0841. The fourth-order valence-corrected chi connectivity index (χ4v) is 2.58. The number of carbonyl (C=O) groups is 1. The van der Waals surface area contributed by atoms with Gasteiger partial charge in [-0.2, -0.15) is 0 Å². The quantitative estimate of drug-likeness (QED) is 0.809. The van der Waals surface area contributed by atoms with Crippen LogP contribution in [0.1, 0.15) is 18.5 Å². The SMILES string of the molecule is COc1ccc(NC(=O)CN(C)C(C)c2ccc(Cl)cc2)c(OC)c1. The van der Waals surface area contributed by atoms with Crippen LogP contribution in [0.2, 0.25) is 5.02 Å². The number of carbonyl (C=O) groups excluding carboxylic acids is 1. The van der Waals surface area contributed by atoms with E-state index in [1.54, 1.807) is 32.4 Å². The van der Waals surface area contributed by atoms with Crippen LogP contribution < -0.4 is 14.8 Å². The van der Waals surface area contributed by atoms with Crippen molar-refractivity contribution in [1.82, 2.24) is 4.90 Å². The number of amides is 1. The molecule has 1 atom stereocenters. The first kappa shape index (κ1) is 19.1. The molecule has 0 saturated heterocycles. The fourth-order valence-electron chi connectivity index (χ4n) is 2.45. The average molecular weight is 363 g/mol. The van der Waals surface area contributed by atoms with E-state index in [0.717, 1.165) is 5.56 Å². The topological polar surface area (TPSA) is 50.8 Å². The van der Waals surface area contributed by atoms with Crippen LogP contribution in [0.3, 0.4) is 0 Å². The lowest BCUT2D eigenvalue weighted by molar-refractivity contribution is -0.117. The molecule has 0 aliphatic heterocycles. The van der Waals surface area contributed by atoms with E-state index in [-0.39, 0.29) is 18.5 Å². The van der Waals surface area contributed by atoms with Gasteiger partial charge in [0.2, 0.25) is 5.91 Å². The Morgan fingerprint density at radius 1 is 1.16 bits per heavy atom. The van der Waals surface area contributed by atoms with Crippen LogP contribution in [-0.4, -0.2) is 38.6 Å². The zero-order valence-electron chi connectivity index (χ0n) is 14.9. The Morgan fingerprint density at radius 2 is 1.84 bits per heavy atom. The molecule has 1 unspecified atom stereocenters. The molecule has 134 valence electrons. The Hall–Kier alpha value is -2.24. The van der Waals surface area contributed by atoms with Crippen molar-refractivity contribution >= 4 is 23.2 Å². The van der Waals surface area contributed by atoms with Crippen molar-refractivity contribution in [3.63, 3.8) is 0 Å². The van der Waals surface area contributed by atoms with Crippen molar-refractivity contribution in [1.29, 1.82) is 0 Å². The van der Waals surface area contributed by atoms with Crippen molar-refractivity contribution in [2.45, 2.75) is 13.0 Å². The smallest absolute Gasteiger partial charge is 0.238 e. The monoisotopic (exact) mass is 362 g/mol. The minimum Gasteiger partial charge on any atom is -0.497 e. The predicted octanol–water partition coefficient (Wildman–Crippen LogP) is 3.99. The van der Waals surface area contributed by atoms with E-state index >= 15 is 0 Å². The molecule has 1 amide bonds. The third kappa shape index (κ3) is 5.11. The van der Waals surface area contributed by atoms with Crippen molar-refractivity contribution in [2.75, 3.05) is 33.1 Å². The van der Waals surface area contributed by atoms with Crippen LogP contribution in [0.4, 0.5) is 5.69 Å². The Labute approximate surface area is 153 Å². The van der Waals surface area contributed by atoms with E-state index in [1.165, 1.54) is 0 Å². The number of nitrogens with zero attached hydrogens (tertiary/aromatic N) is 1. The van der Waals surface area contributed by atoms with Crippen molar-refractivity contribution in [3.8, 4) is 11.5 Å². The number of anilines is 1. The van der Waals surface area contributed by atoms with E-state index in [9.17, 15) is 4.79 Å². The molecule has 0 bridgehead atoms. The van der Waals surface area contributed by atoms with E-state index in [2.05, 4.69) is 5.32 Å². The number of hydrogen-bond acceptors (Lipinski definition) is 4. The van der Waals surface area contributed by atoms with Gasteiger partial charge in [-0.05, 0) is 43.8 Å². The van der Waals surface area contributed by atoms with Gasteiger partial charge in [-0.25, -0.2) is 0 Å². The van der Waals surface area contributed by atoms with Gasteiger partial charge in [0.1, 0.15) is 11.5 Å². The number of halogens is 1. The standard InChI is InChI=1S/C19H23ClN2O3/c1-13(14-5-7-15(20)8-6-14)22(2)12-19(23)21-17-10-9-16(24-3)11-18(17)25-4/h5-11,13H,12H2,1-4H3,(H,21,23). The zero-order valence-corrected chi connectivity index (χ0v) is 15.6. The Kier molecular flexibility index (Phi) is 6.67. The lowest BCUT2D eigenvalue weighted by atomic mass is 10.1. The second-order valence-corrected chi connectivity index (χ2v) is 6.19. The van der Waals surface area contributed by atoms with Gasteiger partial charge in [0, 0.05) is 17.1 Å². The summed E-state index contributed by atoms with van der Waals surface area (Å²) < 4.78 is 10.5. The summed E-state index contributed by atoms with van der Waals surface area (Å²) in [6.45, 7) is 2.30. The fraction of sp³-hybridized carbons (Fsp3) is 0.316. The lowest BCUT2D eigenvalue weighted by Crippen LogP contribution is -2.32. The minimum atomic E-state index is -0.119. The molecule has 0 heterocycles. The molecule has 0 aliphatic carbocycles. The van der Waals surface area contributed by atoms with Crippen LogP contribution in [0.15, 0.2) is 42.5 Å². The number of likely N-dealkylation sites (N-methyl/N-ethyl adjacent to an activating group) is 1. The first-order chi connectivity index (χ1) is 11.9. The van der Waals surface area contributed by atoms with E-state index in [1.807, 2.05) is 43.1 Å². The summed E-state index contributed by atoms with van der Waals surface area (Å²) in [5.41, 5.74) is 1.71. The van der Waals surface area contributed by atoms with Gasteiger partial charge in [-0.15, -0.1) is 0 Å². The molecule has 2 aromatic carbocycles. The highest BCUT2D eigenvalue weighted by atomic mass is 35.5. The van der Waals surface area contributed by atoms with Crippen molar-refractivity contribution in [3.05, 3.63) is 53.1 Å². The van der Waals surface area contributed by atoms with E-state index < -0.39 is 0 Å². The van der Waals surface area contributed by atoms with Crippen LogP contribution in [0.5, 0.6) is 11.5 Å². The van der Waals surface area contributed by atoms with E-state index in [4.69, 9.17) is 21.1 Å². The molecule has 0 aromatic heterocycles. The summed E-state index contributed by atoms with van der Waals surface area (Å²) in [6, 6.07) is 13.0. The maximum atomic E-state index is 12.4. The Morgan fingerprint density at radius 3 is 2.44 bits per heavy atom. The van der Waals surface area contributed by atoms with Crippen molar-refractivity contribution < 1.29 is 14.3 Å². The first-order valence-electron chi connectivity index (χ1n) is 7.92. The second-order valence-electron chi connectivity index (χ2n) is 5.76. The molecule has 0 aliphatic rings. The largest absolute Gasteiger partial charge is 0.497 e. The molecule has 6 heteroatoms. The maximum absolute atomic E-state index is 12.4. The van der Waals surface area contributed by atoms with Gasteiger partial charge >= 0.3 is 0 Å². The molecule has 1 N–H and O–H groups in total. The molecule has 5 nitrogen and oxygen atoms in total. The average Bonchev–Trinajstić information content (AvgIpc) is 2.61. The van der Waals surface area contributed by atoms with Crippen LogP contribution in [0, 0.1) is 0 Å². The highest BCUT2D eigenvalue weighted by Crippen LogP contribution is 2.29. The number of ether oxygens (including phenoxy) is 2. The number of nitrogens with one attached hydrogen (secondary N) is 1. The molecular formula is C19H23ClN2O3. The third-order valence-corrected chi connectivity index (χ3v) is 4.34. The molecule has 0 radical (unpaired) electrons. The van der Waals surface area contributed by atoms with Gasteiger partial charge in [0.25, 0.3) is 0 Å². The molecule has 0 saturated carbocycles. The normalized spacial score (nSPS) is 11.9. The number of methoxy groups -OCH3 is 2. The summed E-state index contributed by atoms with van der Waals surface area (Å²) >= 11 is 5.92. The lowest BCUT2D eigenvalue weighted by Gasteiger charge is -2.24. The van der Waals surface area contributed by atoms with Crippen LogP contribution >= 0.6 is 11.6 Å². The first-order valence-corrected chi connectivity index (χ1v) is 8.30. The predicted molar refractivity (Wildman–Crippen MR) is 101 cm³/mol. The van der Waals surface area contributed by atoms with Crippen LogP contribution in [-0.2, 0) is 4.79 Å².